The van der Waals surface area contributed by atoms with Crippen LogP contribution >= 0.6 is 0 Å². The second-order valence-corrected chi connectivity index (χ2v) is 6.09. The van der Waals surface area contributed by atoms with Gasteiger partial charge in [0.1, 0.15) is 12.4 Å². The fourth-order valence-electron chi connectivity index (χ4n) is 3.07. The lowest BCUT2D eigenvalue weighted by Crippen LogP contribution is -2.47. The molecule has 128 valence electrons. The summed E-state index contributed by atoms with van der Waals surface area (Å²) in [7, 11) is 0. The Morgan fingerprint density at radius 3 is 2.54 bits per heavy atom. The van der Waals surface area contributed by atoms with Gasteiger partial charge in [-0.25, -0.2) is 0 Å². The lowest BCUT2D eigenvalue weighted by atomic mass is 10.0. The third kappa shape index (κ3) is 4.81. The minimum Gasteiger partial charge on any atom is -0.492 e. The van der Waals surface area contributed by atoms with E-state index in [1.54, 1.807) is 0 Å². The zero-order valence-electron chi connectivity index (χ0n) is 13.9. The Morgan fingerprint density at radius 1 is 1.08 bits per heavy atom. The molecule has 24 heavy (non-hydrogen) atoms. The maximum Gasteiger partial charge on any atom is 0.119 e. The summed E-state index contributed by atoms with van der Waals surface area (Å²) >= 11 is 0. The number of nitrogens with zero attached hydrogens (tertiary/aromatic N) is 1. The van der Waals surface area contributed by atoms with Gasteiger partial charge in [-0.3, -0.25) is 4.90 Å². The van der Waals surface area contributed by atoms with Crippen LogP contribution in [0.4, 0.5) is 0 Å². The molecular weight excluding hydrogens is 302 g/mol. The first-order valence-electron chi connectivity index (χ1n) is 8.55. The molecule has 0 spiro atoms. The van der Waals surface area contributed by atoms with Crippen molar-refractivity contribution in [1.29, 1.82) is 0 Å². The van der Waals surface area contributed by atoms with Gasteiger partial charge in [-0.2, -0.15) is 0 Å². The highest BCUT2D eigenvalue weighted by Crippen LogP contribution is 2.22. The van der Waals surface area contributed by atoms with E-state index in [0.717, 1.165) is 31.0 Å². The van der Waals surface area contributed by atoms with Crippen LogP contribution in [0.15, 0.2) is 60.7 Å². The summed E-state index contributed by atoms with van der Waals surface area (Å²) < 4.78 is 11.4. The average molecular weight is 327 g/mol. The molecule has 0 bridgehead atoms. The molecule has 2 unspecified atom stereocenters. The van der Waals surface area contributed by atoms with Gasteiger partial charge in [0.25, 0.3) is 0 Å². The van der Waals surface area contributed by atoms with Gasteiger partial charge in [0.05, 0.1) is 19.3 Å². The summed E-state index contributed by atoms with van der Waals surface area (Å²) in [5.41, 5.74) is 0.962. The molecule has 1 fully saturated rings. The summed E-state index contributed by atoms with van der Waals surface area (Å²) in [5.74, 6) is 0.895. The Hall–Kier alpha value is -1.88. The predicted octanol–water partition coefficient (Wildman–Crippen LogP) is 2.89. The number of hydrogen-bond acceptors (Lipinski definition) is 4. The van der Waals surface area contributed by atoms with Crippen molar-refractivity contribution in [3.63, 3.8) is 0 Å². The van der Waals surface area contributed by atoms with Crippen molar-refractivity contribution in [1.82, 2.24) is 4.90 Å². The summed E-state index contributed by atoms with van der Waals surface area (Å²) in [6.07, 6.45) is 0.213. The fourth-order valence-corrected chi connectivity index (χ4v) is 3.07. The number of para-hydroxylation sites is 1. The van der Waals surface area contributed by atoms with Crippen LogP contribution in [0, 0.1) is 0 Å². The molecule has 4 nitrogen and oxygen atoms in total. The van der Waals surface area contributed by atoms with E-state index in [4.69, 9.17) is 9.47 Å². The van der Waals surface area contributed by atoms with Gasteiger partial charge in [0, 0.05) is 19.1 Å². The monoisotopic (exact) mass is 327 g/mol. The topological polar surface area (TPSA) is 41.9 Å². The Kier molecular flexibility index (Phi) is 6.24. The lowest BCUT2D eigenvalue weighted by molar-refractivity contribution is -0.0300. The number of hydrogen-bond donors (Lipinski definition) is 1. The van der Waals surface area contributed by atoms with Gasteiger partial charge in [0.2, 0.25) is 0 Å². The molecule has 0 radical (unpaired) electrons. The summed E-state index contributed by atoms with van der Waals surface area (Å²) in [6.45, 7) is 3.76. The zero-order valence-corrected chi connectivity index (χ0v) is 13.9. The van der Waals surface area contributed by atoms with Gasteiger partial charge in [0.15, 0.2) is 0 Å². The molecule has 0 amide bonds. The van der Waals surface area contributed by atoms with Crippen molar-refractivity contribution < 1.29 is 14.6 Å². The summed E-state index contributed by atoms with van der Waals surface area (Å²) in [6, 6.07) is 19.9. The summed E-state index contributed by atoms with van der Waals surface area (Å²) in [4.78, 5) is 2.36. The fraction of sp³-hybridized carbons (Fsp3) is 0.400. The molecule has 0 aliphatic carbocycles. The van der Waals surface area contributed by atoms with Crippen LogP contribution in [0.3, 0.4) is 0 Å². The highest BCUT2D eigenvalue weighted by molar-refractivity contribution is 5.21. The Morgan fingerprint density at radius 2 is 1.79 bits per heavy atom. The van der Waals surface area contributed by atoms with Crippen molar-refractivity contribution in [2.45, 2.75) is 18.6 Å². The van der Waals surface area contributed by atoms with Crippen LogP contribution in [0.25, 0.3) is 0 Å². The van der Waals surface area contributed by atoms with Crippen LogP contribution in [-0.2, 0) is 4.74 Å². The molecule has 1 aliphatic rings. The first-order valence-corrected chi connectivity index (χ1v) is 8.55. The zero-order chi connectivity index (χ0) is 16.6. The highest BCUT2D eigenvalue weighted by atomic mass is 16.5. The van der Waals surface area contributed by atoms with E-state index in [1.807, 2.05) is 60.7 Å². The molecule has 1 N–H and O–H groups in total. The molecule has 1 aliphatic heterocycles. The van der Waals surface area contributed by atoms with Gasteiger partial charge in [-0.1, -0.05) is 48.5 Å². The van der Waals surface area contributed by atoms with Crippen molar-refractivity contribution in [3.05, 3.63) is 66.2 Å². The molecule has 1 heterocycles. The maximum absolute atomic E-state index is 10.5. The second kappa shape index (κ2) is 8.83. The van der Waals surface area contributed by atoms with Crippen LogP contribution < -0.4 is 4.74 Å². The van der Waals surface area contributed by atoms with Crippen LogP contribution in [-0.4, -0.2) is 49.0 Å². The van der Waals surface area contributed by atoms with Gasteiger partial charge < -0.3 is 14.6 Å². The van der Waals surface area contributed by atoms with Crippen molar-refractivity contribution in [2.24, 2.45) is 0 Å². The molecule has 2 atom stereocenters. The minimum absolute atomic E-state index is 0.216. The quantitative estimate of drug-likeness (QED) is 0.849. The van der Waals surface area contributed by atoms with Crippen LogP contribution in [0.5, 0.6) is 5.75 Å². The van der Waals surface area contributed by atoms with E-state index in [9.17, 15) is 5.11 Å². The molecular formula is C20H25NO3. The van der Waals surface area contributed by atoms with Crippen molar-refractivity contribution in [3.8, 4) is 5.75 Å². The molecule has 3 rings (SSSR count). The first-order chi connectivity index (χ1) is 11.8. The van der Waals surface area contributed by atoms with E-state index >= 15 is 0 Å². The molecule has 1 saturated heterocycles. The van der Waals surface area contributed by atoms with Gasteiger partial charge >= 0.3 is 0 Å². The smallest absolute Gasteiger partial charge is 0.119 e. The van der Waals surface area contributed by atoms with Gasteiger partial charge in [-0.15, -0.1) is 0 Å². The highest BCUT2D eigenvalue weighted by Gasteiger charge is 2.25. The van der Waals surface area contributed by atoms with Crippen molar-refractivity contribution in [2.75, 3.05) is 32.9 Å². The minimum atomic E-state index is -0.463. The first kappa shape index (κ1) is 17.0. The van der Waals surface area contributed by atoms with E-state index in [-0.39, 0.29) is 6.04 Å². The van der Waals surface area contributed by atoms with Gasteiger partial charge in [-0.05, 0) is 24.1 Å². The molecule has 0 saturated carbocycles. The van der Waals surface area contributed by atoms with E-state index in [1.165, 1.54) is 0 Å². The number of ether oxygens (including phenoxy) is 2. The lowest BCUT2D eigenvalue weighted by Gasteiger charge is -2.36. The maximum atomic E-state index is 10.5. The number of benzene rings is 2. The third-order valence-electron chi connectivity index (χ3n) is 4.42. The molecule has 4 heteroatoms. The second-order valence-electron chi connectivity index (χ2n) is 6.09. The number of rotatable bonds is 7. The summed E-state index contributed by atoms with van der Waals surface area (Å²) in [5, 5.41) is 10.5. The largest absolute Gasteiger partial charge is 0.492 e. The predicted molar refractivity (Wildman–Crippen MR) is 94.1 cm³/mol. The van der Waals surface area contributed by atoms with E-state index < -0.39 is 6.10 Å². The SMILES string of the molecule is OC(CC1COCCN1CCOc1ccccc1)c1ccccc1. The Balaban J connectivity index is 1.51. The molecule has 0 aromatic heterocycles. The molecule has 2 aromatic carbocycles. The Labute approximate surface area is 143 Å². The normalized spacial score (nSPS) is 19.8. The van der Waals surface area contributed by atoms with Crippen LogP contribution in [0.2, 0.25) is 0 Å². The number of morpholine rings is 1. The number of aliphatic hydroxyl groups excluding tert-OH is 1. The standard InChI is InChI=1S/C20H25NO3/c22-20(17-7-3-1-4-8-17)15-18-16-23-13-11-21(18)12-14-24-19-9-5-2-6-10-19/h1-10,18,20,22H,11-16H2. The van der Waals surface area contributed by atoms with Crippen molar-refractivity contribution >= 4 is 0 Å². The third-order valence-corrected chi connectivity index (χ3v) is 4.42. The van der Waals surface area contributed by atoms with E-state index in [0.29, 0.717) is 19.6 Å². The van der Waals surface area contributed by atoms with Crippen LogP contribution in [0.1, 0.15) is 18.1 Å². The number of aliphatic hydroxyl groups is 1. The average Bonchev–Trinajstić information content (AvgIpc) is 2.65. The molecule has 2 aromatic rings. The Bertz CT molecular complexity index is 590. The van der Waals surface area contributed by atoms with E-state index in [2.05, 4.69) is 4.90 Å².